The van der Waals surface area contributed by atoms with Gasteiger partial charge in [-0.3, -0.25) is 38.9 Å². The third-order valence-electron chi connectivity index (χ3n) is 8.21. The van der Waals surface area contributed by atoms with E-state index in [0.29, 0.717) is 72.2 Å². The van der Waals surface area contributed by atoms with Crippen molar-refractivity contribution in [3.8, 4) is 0 Å². The molecule has 0 aliphatic carbocycles. The lowest BCUT2D eigenvalue weighted by molar-refractivity contribution is -0.140. The number of hydrogen-bond donors (Lipinski definition) is 4. The predicted octanol–water partition coefficient (Wildman–Crippen LogP) is 0.558. The van der Waals surface area contributed by atoms with Crippen molar-refractivity contribution in [1.29, 1.82) is 0 Å². The summed E-state index contributed by atoms with van der Waals surface area (Å²) in [4.78, 5) is 43.9. The maximum atomic E-state index is 11.5. The van der Waals surface area contributed by atoms with Gasteiger partial charge in [0.1, 0.15) is 0 Å². The van der Waals surface area contributed by atoms with Crippen LogP contribution in [0.25, 0.3) is 0 Å². The average Bonchev–Trinajstić information content (AvgIpc) is 3.05. The highest BCUT2D eigenvalue weighted by Crippen LogP contribution is 2.10. The van der Waals surface area contributed by atoms with Gasteiger partial charge in [0.15, 0.2) is 0 Å². The van der Waals surface area contributed by atoms with Crippen LogP contribution in [-0.4, -0.2) is 180 Å². The molecule has 2 aromatic carbocycles. The van der Waals surface area contributed by atoms with E-state index in [0.717, 1.165) is 19.6 Å². The van der Waals surface area contributed by atoms with Gasteiger partial charge in [-0.2, -0.15) is 0 Å². The Bertz CT molecular complexity index is 1150. The van der Waals surface area contributed by atoms with Crippen molar-refractivity contribution >= 4 is 17.9 Å². The highest BCUT2D eigenvalue weighted by atomic mass is 16.5. The predicted molar refractivity (Wildman–Crippen MR) is 183 cm³/mol. The number of carbonyl (C=O) groups is 3. The molecule has 0 aromatic heterocycles. The molecular weight excluding hydrogens is 634 g/mol. The average molecular weight is 688 g/mol. The van der Waals surface area contributed by atoms with E-state index in [9.17, 15) is 34.8 Å². The number of aliphatic carboxylic acids is 3. The number of carboxylic acids is 3. The smallest absolute Gasteiger partial charge is 0.317 e. The van der Waals surface area contributed by atoms with E-state index in [2.05, 4.69) is 29.2 Å². The Morgan fingerprint density at radius 1 is 0.592 bits per heavy atom. The summed E-state index contributed by atoms with van der Waals surface area (Å²) in [6.45, 7) is 6.36. The van der Waals surface area contributed by atoms with Crippen LogP contribution >= 0.6 is 0 Å². The molecule has 49 heavy (non-hydrogen) atoms. The second-order valence-electron chi connectivity index (χ2n) is 12.3. The van der Waals surface area contributed by atoms with Gasteiger partial charge in [0, 0.05) is 78.5 Å². The molecule has 14 heteroatoms. The van der Waals surface area contributed by atoms with E-state index in [4.69, 9.17) is 9.47 Å². The minimum Gasteiger partial charge on any atom is -0.480 e. The van der Waals surface area contributed by atoms with E-state index in [1.54, 1.807) is 14.7 Å². The Kier molecular flexibility index (Phi) is 18.8. The minimum absolute atomic E-state index is 0.0931. The zero-order valence-corrected chi connectivity index (χ0v) is 28.4. The Morgan fingerprint density at radius 3 is 1.39 bits per heavy atom. The fourth-order valence-electron chi connectivity index (χ4n) is 5.69. The Hall–Kier alpha value is -3.47. The lowest BCUT2D eigenvalue weighted by Crippen LogP contribution is -2.49. The number of nitrogens with zero attached hydrogens (tertiary/aromatic N) is 5. The monoisotopic (exact) mass is 687 g/mol. The van der Waals surface area contributed by atoms with Crippen molar-refractivity contribution in [1.82, 2.24) is 24.5 Å². The van der Waals surface area contributed by atoms with Crippen molar-refractivity contribution in [3.05, 3.63) is 71.8 Å². The molecule has 4 N–H and O–H groups in total. The molecule has 0 radical (unpaired) electrons. The third kappa shape index (κ3) is 18.2. The van der Waals surface area contributed by atoms with Gasteiger partial charge >= 0.3 is 17.9 Å². The maximum Gasteiger partial charge on any atom is 0.317 e. The number of aliphatic hydroxyl groups excluding tert-OH is 1. The van der Waals surface area contributed by atoms with E-state index in [1.807, 2.05) is 41.3 Å². The fourth-order valence-corrected chi connectivity index (χ4v) is 5.69. The molecule has 0 amide bonds. The lowest BCUT2D eigenvalue weighted by atomic mass is 10.1. The lowest BCUT2D eigenvalue weighted by Gasteiger charge is -2.33. The molecule has 2 aromatic rings. The van der Waals surface area contributed by atoms with Gasteiger partial charge in [-0.15, -0.1) is 0 Å². The normalized spacial score (nSPS) is 16.9. The number of hydrogen-bond acceptors (Lipinski definition) is 11. The van der Waals surface area contributed by atoms with E-state index < -0.39 is 24.0 Å². The van der Waals surface area contributed by atoms with Crippen molar-refractivity contribution in [2.45, 2.75) is 19.2 Å². The summed E-state index contributed by atoms with van der Waals surface area (Å²) in [6.07, 6.45) is -0.813. The molecule has 1 aliphatic heterocycles. The molecule has 1 aliphatic rings. The third-order valence-corrected chi connectivity index (χ3v) is 8.21. The van der Waals surface area contributed by atoms with Gasteiger partial charge in [-0.1, -0.05) is 60.7 Å². The zero-order valence-electron chi connectivity index (χ0n) is 28.4. The van der Waals surface area contributed by atoms with Crippen LogP contribution in [0.4, 0.5) is 0 Å². The van der Waals surface area contributed by atoms with Crippen LogP contribution in [0.1, 0.15) is 11.1 Å². The summed E-state index contributed by atoms with van der Waals surface area (Å²) < 4.78 is 11.6. The van der Waals surface area contributed by atoms with Gasteiger partial charge in [0.2, 0.25) is 0 Å². The standard InChI is InChI=1S/C35H53N5O9/c41-32(29-49-22-21-48-20-19-40(23-30-7-3-1-4-8-30)24-31-9-5-2-6-10-31)25-36-11-13-37(26-33(42)43)15-17-39(28-35(46)47)18-16-38(14-12-36)27-34(44)45/h1-10,32,41H,11-29H2,(H,42,43)(H,44,45)(H,46,47). The molecule has 0 saturated carbocycles. The summed E-state index contributed by atoms with van der Waals surface area (Å²) >= 11 is 0. The zero-order chi connectivity index (χ0) is 35.3. The number of aliphatic hydroxyl groups is 1. The molecule has 0 spiro atoms. The molecule has 3 rings (SSSR count). The molecule has 1 saturated heterocycles. The second kappa shape index (κ2) is 23.0. The fraction of sp³-hybridized carbons (Fsp3) is 0.571. The first-order valence-electron chi connectivity index (χ1n) is 16.8. The summed E-state index contributed by atoms with van der Waals surface area (Å²) in [6, 6.07) is 20.7. The largest absolute Gasteiger partial charge is 0.480 e. The van der Waals surface area contributed by atoms with Crippen LogP contribution in [0, 0.1) is 0 Å². The molecule has 14 nitrogen and oxygen atoms in total. The second-order valence-corrected chi connectivity index (χ2v) is 12.3. The summed E-state index contributed by atoms with van der Waals surface area (Å²) in [5.74, 6) is -2.96. The summed E-state index contributed by atoms with van der Waals surface area (Å²) in [5.41, 5.74) is 2.47. The molecule has 1 fully saturated rings. The van der Waals surface area contributed by atoms with Crippen LogP contribution < -0.4 is 0 Å². The Morgan fingerprint density at radius 2 is 0.980 bits per heavy atom. The number of benzene rings is 2. The van der Waals surface area contributed by atoms with Gasteiger partial charge in [-0.05, 0) is 11.1 Å². The van der Waals surface area contributed by atoms with E-state index >= 15 is 0 Å². The van der Waals surface area contributed by atoms with Crippen molar-refractivity contribution < 1.29 is 44.3 Å². The first-order valence-corrected chi connectivity index (χ1v) is 16.8. The van der Waals surface area contributed by atoms with Crippen LogP contribution in [0.5, 0.6) is 0 Å². The first kappa shape index (κ1) is 40.0. The van der Waals surface area contributed by atoms with Crippen LogP contribution in [0.15, 0.2) is 60.7 Å². The summed E-state index contributed by atoms with van der Waals surface area (Å²) in [5, 5.41) is 39.0. The highest BCUT2D eigenvalue weighted by molar-refractivity contribution is 5.69. The van der Waals surface area contributed by atoms with E-state index in [-0.39, 0.29) is 32.8 Å². The quantitative estimate of drug-likeness (QED) is 0.143. The molecular formula is C35H53N5O9. The van der Waals surface area contributed by atoms with Gasteiger partial charge < -0.3 is 29.9 Å². The highest BCUT2D eigenvalue weighted by Gasteiger charge is 2.21. The number of rotatable bonds is 20. The molecule has 1 atom stereocenters. The number of β-amino-alcohol motifs (C(OH)–C–C–N with tert-alkyl or cyclic N) is 1. The minimum atomic E-state index is -1.00. The molecule has 1 unspecified atom stereocenters. The van der Waals surface area contributed by atoms with Gasteiger partial charge in [0.05, 0.1) is 52.2 Å². The topological polar surface area (TPSA) is 167 Å². The summed E-state index contributed by atoms with van der Waals surface area (Å²) in [7, 11) is 0. The molecule has 0 bridgehead atoms. The molecule has 1 heterocycles. The van der Waals surface area contributed by atoms with Gasteiger partial charge in [-0.25, -0.2) is 0 Å². The molecule has 272 valence electrons. The van der Waals surface area contributed by atoms with Crippen molar-refractivity contribution in [2.75, 3.05) is 112 Å². The van der Waals surface area contributed by atoms with Crippen molar-refractivity contribution in [3.63, 3.8) is 0 Å². The van der Waals surface area contributed by atoms with Crippen LogP contribution in [0.2, 0.25) is 0 Å². The number of ether oxygens (including phenoxy) is 2. The van der Waals surface area contributed by atoms with Crippen LogP contribution in [-0.2, 0) is 36.9 Å². The SMILES string of the molecule is O=C(O)CN1CCN(CC(=O)O)CCN(CC(O)COCCOCCN(Cc2ccccc2)Cc2ccccc2)CCN(CC(=O)O)CC1. The number of carboxylic acid groups (broad SMARTS) is 3. The maximum absolute atomic E-state index is 11.5. The van der Waals surface area contributed by atoms with Crippen LogP contribution in [0.3, 0.4) is 0 Å². The first-order chi connectivity index (χ1) is 23.7. The van der Waals surface area contributed by atoms with E-state index in [1.165, 1.54) is 11.1 Å². The van der Waals surface area contributed by atoms with Gasteiger partial charge in [0.25, 0.3) is 0 Å². The van der Waals surface area contributed by atoms with Crippen molar-refractivity contribution in [2.24, 2.45) is 0 Å². The Labute approximate surface area is 289 Å². The Balaban J connectivity index is 1.44.